The number of aliphatic hydroxyl groups is 2. The van der Waals surface area contributed by atoms with Gasteiger partial charge in [0.1, 0.15) is 12.2 Å². The van der Waals surface area contributed by atoms with Gasteiger partial charge in [0.2, 0.25) is 0 Å². The van der Waals surface area contributed by atoms with Crippen LogP contribution >= 0.6 is 0 Å². The molecule has 3 aliphatic heterocycles. The van der Waals surface area contributed by atoms with Crippen molar-refractivity contribution in [1.82, 2.24) is 9.80 Å². The Bertz CT molecular complexity index is 402. The number of piperidine rings is 1. The number of ether oxygens (including phenoxy) is 3. The van der Waals surface area contributed by atoms with E-state index < -0.39 is 11.9 Å². The van der Waals surface area contributed by atoms with Crippen LogP contribution in [0.25, 0.3) is 0 Å². The number of nitrogens with zero attached hydrogens (tertiary/aromatic N) is 2. The number of fused-ring (bicyclic) bond motifs is 1. The van der Waals surface area contributed by atoms with E-state index in [0.717, 1.165) is 45.8 Å². The van der Waals surface area contributed by atoms with Gasteiger partial charge < -0.3 is 24.4 Å². The van der Waals surface area contributed by atoms with Gasteiger partial charge in [0.25, 0.3) is 0 Å². The molecule has 24 heavy (non-hydrogen) atoms. The Kier molecular flexibility index (Phi) is 6.13. The molecule has 0 saturated carbocycles. The van der Waals surface area contributed by atoms with Crippen molar-refractivity contribution in [1.29, 1.82) is 0 Å². The molecule has 0 spiro atoms. The van der Waals surface area contributed by atoms with E-state index >= 15 is 0 Å². The fourth-order valence-corrected chi connectivity index (χ4v) is 4.16. The van der Waals surface area contributed by atoms with Crippen molar-refractivity contribution in [3.8, 4) is 0 Å². The van der Waals surface area contributed by atoms with Crippen LogP contribution in [0, 0.1) is 0 Å². The lowest BCUT2D eigenvalue weighted by Gasteiger charge is -2.43. The maximum Gasteiger partial charge on any atom is 0.163 e. The van der Waals surface area contributed by atoms with Gasteiger partial charge in [0.15, 0.2) is 5.79 Å². The maximum atomic E-state index is 10.5. The van der Waals surface area contributed by atoms with Crippen LogP contribution in [0.5, 0.6) is 0 Å². The third-order valence-corrected chi connectivity index (χ3v) is 5.26. The third kappa shape index (κ3) is 4.27. The summed E-state index contributed by atoms with van der Waals surface area (Å²) in [5.74, 6) is -0.673. The molecule has 3 fully saturated rings. The highest BCUT2D eigenvalue weighted by atomic mass is 16.8. The largest absolute Gasteiger partial charge is 0.396 e. The summed E-state index contributed by atoms with van der Waals surface area (Å²) in [4.78, 5) is 4.69. The molecule has 0 amide bonds. The molecule has 0 aromatic carbocycles. The van der Waals surface area contributed by atoms with Crippen LogP contribution in [0.3, 0.4) is 0 Å². The molecule has 4 atom stereocenters. The Morgan fingerprint density at radius 2 is 1.79 bits per heavy atom. The summed E-state index contributed by atoms with van der Waals surface area (Å²) in [6.07, 6.45) is 0.655. The second kappa shape index (κ2) is 7.95. The standard InChI is InChI=1S/C17H32N2O5/c1-17(2)23-15-13(4-9-20)19(12-14(21)16(15)24-17)6-3-5-18-7-10-22-11-8-18/h13-16,20-21H,3-12H2,1-2H3/t13-,14+,15-,16+/m0/s1. The minimum atomic E-state index is -0.673. The molecular formula is C17H32N2O5. The predicted molar refractivity (Wildman–Crippen MR) is 88.8 cm³/mol. The number of aliphatic hydroxyl groups excluding tert-OH is 2. The second-order valence-corrected chi connectivity index (χ2v) is 7.51. The quantitative estimate of drug-likeness (QED) is 0.683. The van der Waals surface area contributed by atoms with Crippen molar-refractivity contribution in [3.63, 3.8) is 0 Å². The lowest BCUT2D eigenvalue weighted by Crippen LogP contribution is -2.60. The third-order valence-electron chi connectivity index (χ3n) is 5.26. The molecule has 0 aromatic rings. The summed E-state index contributed by atoms with van der Waals surface area (Å²) in [6, 6.07) is 0.0925. The van der Waals surface area contributed by atoms with Gasteiger partial charge in [-0.3, -0.25) is 9.80 Å². The maximum absolute atomic E-state index is 10.5. The van der Waals surface area contributed by atoms with Gasteiger partial charge in [0.05, 0.1) is 19.3 Å². The SMILES string of the molecule is CC1(C)O[C@@H]2[C@H](O1)[C@H](O)CN(CCCN1CCOCC1)[C@H]2CCO. The van der Waals surface area contributed by atoms with Crippen molar-refractivity contribution < 1.29 is 24.4 Å². The van der Waals surface area contributed by atoms with E-state index in [9.17, 15) is 10.2 Å². The van der Waals surface area contributed by atoms with Crippen LogP contribution in [0.2, 0.25) is 0 Å². The number of hydrogen-bond donors (Lipinski definition) is 2. The van der Waals surface area contributed by atoms with Crippen molar-refractivity contribution in [2.75, 3.05) is 52.5 Å². The van der Waals surface area contributed by atoms with E-state index in [1.165, 1.54) is 0 Å². The minimum absolute atomic E-state index is 0.0925. The Hall–Kier alpha value is -0.280. The first-order chi connectivity index (χ1) is 11.5. The van der Waals surface area contributed by atoms with E-state index in [0.29, 0.717) is 13.0 Å². The zero-order chi connectivity index (χ0) is 17.2. The number of hydrogen-bond acceptors (Lipinski definition) is 7. The first-order valence-corrected chi connectivity index (χ1v) is 9.19. The zero-order valence-electron chi connectivity index (χ0n) is 14.9. The molecule has 3 saturated heterocycles. The minimum Gasteiger partial charge on any atom is -0.396 e. The van der Waals surface area contributed by atoms with E-state index in [4.69, 9.17) is 14.2 Å². The number of rotatable bonds is 6. The molecule has 2 N–H and O–H groups in total. The molecule has 7 heteroatoms. The lowest BCUT2D eigenvalue weighted by atomic mass is 9.91. The molecule has 7 nitrogen and oxygen atoms in total. The second-order valence-electron chi connectivity index (χ2n) is 7.51. The topological polar surface area (TPSA) is 74.6 Å². The molecule has 0 unspecified atom stereocenters. The van der Waals surface area contributed by atoms with Crippen LogP contribution in [0.1, 0.15) is 26.7 Å². The molecule has 3 rings (SSSR count). The van der Waals surface area contributed by atoms with Crippen molar-refractivity contribution in [2.45, 2.75) is 56.8 Å². The molecule has 0 aromatic heterocycles. The summed E-state index contributed by atoms with van der Waals surface area (Å²) in [5, 5.41) is 20.0. The average molecular weight is 344 g/mol. The van der Waals surface area contributed by atoms with Crippen LogP contribution in [0.15, 0.2) is 0 Å². The first-order valence-electron chi connectivity index (χ1n) is 9.19. The van der Waals surface area contributed by atoms with Gasteiger partial charge in [-0.25, -0.2) is 0 Å². The van der Waals surface area contributed by atoms with Gasteiger partial charge in [-0.2, -0.15) is 0 Å². The summed E-state index contributed by atoms with van der Waals surface area (Å²) in [7, 11) is 0. The number of β-amino-alcohol motifs (C(OH)–C–C–N with tert-alkyl or cyclic N) is 1. The fourth-order valence-electron chi connectivity index (χ4n) is 4.16. The molecule has 3 aliphatic rings. The number of likely N-dealkylation sites (tertiary alicyclic amines) is 1. The highest BCUT2D eigenvalue weighted by molar-refractivity contribution is 5.00. The summed E-state index contributed by atoms with van der Waals surface area (Å²) >= 11 is 0. The van der Waals surface area contributed by atoms with E-state index in [1.54, 1.807) is 0 Å². The molecule has 0 aliphatic carbocycles. The Morgan fingerprint density at radius 3 is 2.50 bits per heavy atom. The Labute approximate surface area is 144 Å². The van der Waals surface area contributed by atoms with Gasteiger partial charge in [-0.1, -0.05) is 0 Å². The van der Waals surface area contributed by atoms with Gasteiger partial charge in [-0.05, 0) is 39.8 Å². The number of morpholine rings is 1. The van der Waals surface area contributed by atoms with E-state index in [2.05, 4.69) is 9.80 Å². The van der Waals surface area contributed by atoms with Crippen molar-refractivity contribution in [3.05, 3.63) is 0 Å². The highest BCUT2D eigenvalue weighted by Crippen LogP contribution is 2.37. The average Bonchev–Trinajstić information content (AvgIpc) is 2.88. The fraction of sp³-hybridized carbons (Fsp3) is 1.00. The monoisotopic (exact) mass is 344 g/mol. The predicted octanol–water partition coefficient (Wildman–Crippen LogP) is -0.344. The summed E-state index contributed by atoms with van der Waals surface area (Å²) in [5.41, 5.74) is 0. The molecular weight excluding hydrogens is 312 g/mol. The molecule has 3 heterocycles. The molecule has 0 bridgehead atoms. The van der Waals surface area contributed by atoms with E-state index in [1.807, 2.05) is 13.8 Å². The highest BCUT2D eigenvalue weighted by Gasteiger charge is 2.52. The van der Waals surface area contributed by atoms with Crippen molar-refractivity contribution >= 4 is 0 Å². The smallest absolute Gasteiger partial charge is 0.163 e. The van der Waals surface area contributed by atoms with E-state index in [-0.39, 0.29) is 24.9 Å². The lowest BCUT2D eigenvalue weighted by molar-refractivity contribution is -0.153. The Morgan fingerprint density at radius 1 is 1.08 bits per heavy atom. The van der Waals surface area contributed by atoms with Crippen molar-refractivity contribution in [2.24, 2.45) is 0 Å². The zero-order valence-corrected chi connectivity index (χ0v) is 14.9. The van der Waals surface area contributed by atoms with Crippen LogP contribution in [0.4, 0.5) is 0 Å². The summed E-state index contributed by atoms with van der Waals surface area (Å²) < 4.78 is 17.3. The molecule has 0 radical (unpaired) electrons. The Balaban J connectivity index is 1.57. The van der Waals surface area contributed by atoms with Crippen LogP contribution in [-0.4, -0.2) is 103 Å². The van der Waals surface area contributed by atoms with Gasteiger partial charge in [0, 0.05) is 32.3 Å². The normalized spacial score (nSPS) is 37.5. The first kappa shape index (κ1) is 18.5. The molecule has 140 valence electrons. The van der Waals surface area contributed by atoms with Crippen LogP contribution in [-0.2, 0) is 14.2 Å². The van der Waals surface area contributed by atoms with Gasteiger partial charge >= 0.3 is 0 Å². The summed E-state index contributed by atoms with van der Waals surface area (Å²) in [6.45, 7) is 10.0. The van der Waals surface area contributed by atoms with Gasteiger partial charge in [-0.15, -0.1) is 0 Å². The van der Waals surface area contributed by atoms with Crippen LogP contribution < -0.4 is 0 Å².